The molecule has 0 aliphatic carbocycles. The van der Waals surface area contributed by atoms with Crippen LogP contribution in [0.3, 0.4) is 0 Å². The first-order valence-corrected chi connectivity index (χ1v) is 7.43. The van der Waals surface area contributed by atoms with Gasteiger partial charge in [0.15, 0.2) is 0 Å². The molecule has 0 unspecified atom stereocenters. The molecule has 1 aliphatic heterocycles. The highest BCUT2D eigenvalue weighted by Crippen LogP contribution is 2.29. The standard InChI is InChI=1S/C16H19N3O5/c1-3-14(21)18-11-5-4-10(24-2)8-12(11)17-13-9-15(22)19(6-7-20)16(13)23/h4-5,8-9,17,20H,3,6-7H2,1-2H3,(H,18,21). The smallest absolute Gasteiger partial charge is 0.277 e. The van der Waals surface area contributed by atoms with Gasteiger partial charge in [-0.05, 0) is 12.1 Å². The zero-order chi connectivity index (χ0) is 17.7. The largest absolute Gasteiger partial charge is 0.497 e. The third-order valence-corrected chi connectivity index (χ3v) is 3.42. The van der Waals surface area contributed by atoms with Gasteiger partial charge in [-0.3, -0.25) is 19.3 Å². The Kier molecular flexibility index (Phi) is 5.54. The van der Waals surface area contributed by atoms with Gasteiger partial charge in [-0.15, -0.1) is 0 Å². The van der Waals surface area contributed by atoms with Crippen LogP contribution in [0, 0.1) is 0 Å². The molecule has 24 heavy (non-hydrogen) atoms. The summed E-state index contributed by atoms with van der Waals surface area (Å²) in [6.07, 6.45) is 1.46. The third-order valence-electron chi connectivity index (χ3n) is 3.42. The fraction of sp³-hybridized carbons (Fsp3) is 0.312. The first-order chi connectivity index (χ1) is 11.5. The molecule has 3 amide bonds. The van der Waals surface area contributed by atoms with Gasteiger partial charge in [0.25, 0.3) is 11.8 Å². The Balaban J connectivity index is 2.27. The number of carbonyl (C=O) groups is 3. The van der Waals surface area contributed by atoms with E-state index in [4.69, 9.17) is 9.84 Å². The Morgan fingerprint density at radius 3 is 2.67 bits per heavy atom. The van der Waals surface area contributed by atoms with Crippen molar-refractivity contribution in [2.45, 2.75) is 13.3 Å². The number of hydrogen-bond donors (Lipinski definition) is 3. The van der Waals surface area contributed by atoms with E-state index in [0.717, 1.165) is 11.0 Å². The highest BCUT2D eigenvalue weighted by molar-refractivity contribution is 6.17. The molecule has 1 heterocycles. The molecule has 0 fully saturated rings. The maximum absolute atomic E-state index is 12.2. The number of amides is 3. The third kappa shape index (κ3) is 3.72. The molecule has 2 rings (SSSR count). The normalized spacial score (nSPS) is 13.8. The lowest BCUT2D eigenvalue weighted by Crippen LogP contribution is -2.34. The van der Waals surface area contributed by atoms with Gasteiger partial charge in [-0.25, -0.2) is 0 Å². The number of imide groups is 1. The molecule has 3 N–H and O–H groups in total. The molecule has 128 valence electrons. The number of nitrogens with one attached hydrogen (secondary N) is 2. The highest BCUT2D eigenvalue weighted by Gasteiger charge is 2.31. The second kappa shape index (κ2) is 7.60. The molecule has 0 atom stereocenters. The lowest BCUT2D eigenvalue weighted by Gasteiger charge is -2.16. The van der Waals surface area contributed by atoms with E-state index in [1.54, 1.807) is 25.1 Å². The van der Waals surface area contributed by atoms with E-state index in [1.165, 1.54) is 7.11 Å². The number of β-amino-alcohol motifs (C(OH)–C–C–N with tert-alkyl or cyclic N) is 1. The summed E-state index contributed by atoms with van der Waals surface area (Å²) < 4.78 is 5.15. The number of carbonyl (C=O) groups excluding carboxylic acids is 3. The van der Waals surface area contributed by atoms with Crippen molar-refractivity contribution in [3.63, 3.8) is 0 Å². The van der Waals surface area contributed by atoms with E-state index in [2.05, 4.69) is 10.6 Å². The Labute approximate surface area is 139 Å². The first-order valence-electron chi connectivity index (χ1n) is 7.43. The lowest BCUT2D eigenvalue weighted by atomic mass is 10.2. The summed E-state index contributed by atoms with van der Waals surface area (Å²) in [5.41, 5.74) is 0.951. The van der Waals surface area contributed by atoms with Crippen LogP contribution in [0.15, 0.2) is 30.0 Å². The van der Waals surface area contributed by atoms with Crippen LogP contribution in [-0.4, -0.2) is 48.0 Å². The van der Waals surface area contributed by atoms with Crippen molar-refractivity contribution in [2.75, 3.05) is 30.9 Å². The van der Waals surface area contributed by atoms with Gasteiger partial charge >= 0.3 is 0 Å². The summed E-state index contributed by atoms with van der Waals surface area (Å²) >= 11 is 0. The fourth-order valence-corrected chi connectivity index (χ4v) is 2.16. The van der Waals surface area contributed by atoms with Gasteiger partial charge in [0, 0.05) is 18.6 Å². The van der Waals surface area contributed by atoms with Gasteiger partial charge in [-0.2, -0.15) is 0 Å². The Bertz CT molecular complexity index is 699. The number of methoxy groups -OCH3 is 1. The van der Waals surface area contributed by atoms with Gasteiger partial charge < -0.3 is 20.5 Å². The van der Waals surface area contributed by atoms with Crippen LogP contribution in [0.5, 0.6) is 5.75 Å². The van der Waals surface area contributed by atoms with E-state index in [0.29, 0.717) is 23.5 Å². The average molecular weight is 333 g/mol. The predicted octanol–water partition coefficient (Wildman–Crippen LogP) is 0.701. The van der Waals surface area contributed by atoms with E-state index in [9.17, 15) is 14.4 Å². The van der Waals surface area contributed by atoms with Crippen LogP contribution in [0.25, 0.3) is 0 Å². The van der Waals surface area contributed by atoms with Crippen molar-refractivity contribution in [1.82, 2.24) is 4.90 Å². The maximum Gasteiger partial charge on any atom is 0.277 e. The molecule has 0 spiro atoms. The minimum Gasteiger partial charge on any atom is -0.497 e. The lowest BCUT2D eigenvalue weighted by molar-refractivity contribution is -0.137. The van der Waals surface area contributed by atoms with Crippen molar-refractivity contribution in [3.05, 3.63) is 30.0 Å². The number of nitrogens with zero attached hydrogens (tertiary/aromatic N) is 1. The van der Waals surface area contributed by atoms with Crippen molar-refractivity contribution < 1.29 is 24.2 Å². The molecule has 1 aromatic carbocycles. The second-order valence-corrected chi connectivity index (χ2v) is 5.01. The molecule has 1 aromatic rings. The summed E-state index contributed by atoms with van der Waals surface area (Å²) in [5, 5.41) is 14.5. The van der Waals surface area contributed by atoms with Crippen LogP contribution in [0.2, 0.25) is 0 Å². The van der Waals surface area contributed by atoms with E-state index >= 15 is 0 Å². The highest BCUT2D eigenvalue weighted by atomic mass is 16.5. The summed E-state index contributed by atoms with van der Waals surface area (Å²) in [7, 11) is 1.50. The zero-order valence-electron chi connectivity index (χ0n) is 13.5. The molecule has 8 nitrogen and oxygen atoms in total. The van der Waals surface area contributed by atoms with Gasteiger partial charge in [0.2, 0.25) is 5.91 Å². The quantitative estimate of drug-likeness (QED) is 0.634. The monoisotopic (exact) mass is 333 g/mol. The van der Waals surface area contributed by atoms with Gasteiger partial charge in [-0.1, -0.05) is 6.92 Å². The number of aliphatic hydroxyl groups is 1. The molecular weight excluding hydrogens is 314 g/mol. The average Bonchev–Trinajstić information content (AvgIpc) is 2.84. The topological polar surface area (TPSA) is 108 Å². The summed E-state index contributed by atoms with van der Waals surface area (Å²) in [6, 6.07) is 4.92. The van der Waals surface area contributed by atoms with Crippen molar-refractivity contribution in [2.24, 2.45) is 0 Å². The van der Waals surface area contributed by atoms with Crippen molar-refractivity contribution >= 4 is 29.1 Å². The molecule has 0 aromatic heterocycles. The van der Waals surface area contributed by atoms with E-state index < -0.39 is 11.8 Å². The van der Waals surface area contributed by atoms with Crippen LogP contribution in [-0.2, 0) is 14.4 Å². The minimum absolute atomic E-state index is 0.0636. The molecule has 0 radical (unpaired) electrons. The van der Waals surface area contributed by atoms with Crippen LogP contribution in [0.4, 0.5) is 11.4 Å². The molecule has 0 saturated carbocycles. The first kappa shape index (κ1) is 17.5. The second-order valence-electron chi connectivity index (χ2n) is 5.01. The molecule has 1 aliphatic rings. The van der Waals surface area contributed by atoms with Gasteiger partial charge in [0.05, 0.1) is 31.6 Å². The van der Waals surface area contributed by atoms with Gasteiger partial charge in [0.1, 0.15) is 11.4 Å². The molecule has 0 bridgehead atoms. The van der Waals surface area contributed by atoms with Crippen LogP contribution < -0.4 is 15.4 Å². The number of benzene rings is 1. The summed E-state index contributed by atoms with van der Waals surface area (Å²) in [5.74, 6) is -0.701. The number of hydrogen-bond acceptors (Lipinski definition) is 6. The van der Waals surface area contributed by atoms with Crippen molar-refractivity contribution in [1.29, 1.82) is 0 Å². The number of ether oxygens (including phenoxy) is 1. The number of rotatable bonds is 7. The Morgan fingerprint density at radius 2 is 2.04 bits per heavy atom. The van der Waals surface area contributed by atoms with Crippen LogP contribution in [0.1, 0.15) is 13.3 Å². The number of anilines is 2. The minimum atomic E-state index is -0.537. The molecular formula is C16H19N3O5. The predicted molar refractivity (Wildman–Crippen MR) is 87.4 cm³/mol. The summed E-state index contributed by atoms with van der Waals surface area (Å²) in [6.45, 7) is 1.34. The maximum atomic E-state index is 12.2. The molecule has 8 heteroatoms. The Hall–Kier alpha value is -2.87. The van der Waals surface area contributed by atoms with E-state index in [-0.39, 0.29) is 24.8 Å². The van der Waals surface area contributed by atoms with Crippen LogP contribution >= 0.6 is 0 Å². The summed E-state index contributed by atoms with van der Waals surface area (Å²) in [4.78, 5) is 36.6. The van der Waals surface area contributed by atoms with Crippen molar-refractivity contribution in [3.8, 4) is 5.75 Å². The Morgan fingerprint density at radius 1 is 1.29 bits per heavy atom. The fourth-order valence-electron chi connectivity index (χ4n) is 2.16. The van der Waals surface area contributed by atoms with E-state index in [1.807, 2.05) is 0 Å². The zero-order valence-corrected chi connectivity index (χ0v) is 13.5. The molecule has 0 saturated heterocycles. The SMILES string of the molecule is CCC(=O)Nc1ccc(OC)cc1NC1=CC(=O)N(CCO)C1=O. The number of aliphatic hydroxyl groups excluding tert-OH is 1.